The number of carboxylic acid groups (broad SMARTS) is 1. The average Bonchev–Trinajstić information content (AvgIpc) is 2.18. The molecule has 0 saturated carbocycles. The highest BCUT2D eigenvalue weighted by Crippen LogP contribution is 2.26. The lowest BCUT2D eigenvalue weighted by molar-refractivity contribution is -0.153. The van der Waals surface area contributed by atoms with Crippen LogP contribution in [0.1, 0.15) is 12.5 Å². The molecule has 0 bridgehead atoms. The molecule has 0 amide bonds. The highest BCUT2D eigenvalue weighted by Gasteiger charge is 2.39. The number of alkyl halides is 1. The van der Waals surface area contributed by atoms with Crippen LogP contribution in [0, 0.1) is 0 Å². The number of carboxylic acids is 1. The minimum absolute atomic E-state index is 0.245. The summed E-state index contributed by atoms with van der Waals surface area (Å²) in [7, 11) is 0. The number of hydrogen-bond acceptors (Lipinski definition) is 2. The Hall–Kier alpha value is -1.42. The molecule has 0 aliphatic heterocycles. The van der Waals surface area contributed by atoms with E-state index in [0.717, 1.165) is 6.92 Å². The Morgan fingerprint density at radius 3 is 2.36 bits per heavy atom. The Morgan fingerprint density at radius 2 is 1.93 bits per heavy atom. The van der Waals surface area contributed by atoms with Crippen molar-refractivity contribution in [3.05, 3.63) is 35.9 Å². The molecule has 0 aliphatic carbocycles. The van der Waals surface area contributed by atoms with E-state index in [2.05, 4.69) is 0 Å². The lowest BCUT2D eigenvalue weighted by atomic mass is 9.91. The van der Waals surface area contributed by atoms with Gasteiger partial charge >= 0.3 is 5.97 Å². The van der Waals surface area contributed by atoms with Crippen molar-refractivity contribution in [2.45, 2.75) is 18.7 Å². The first-order chi connectivity index (χ1) is 6.46. The van der Waals surface area contributed by atoms with Gasteiger partial charge in [-0.1, -0.05) is 30.3 Å². The van der Waals surface area contributed by atoms with Gasteiger partial charge in [-0.05, 0) is 12.5 Å². The van der Waals surface area contributed by atoms with Gasteiger partial charge in [0, 0.05) is 0 Å². The van der Waals surface area contributed by atoms with E-state index in [1.807, 2.05) is 0 Å². The summed E-state index contributed by atoms with van der Waals surface area (Å²) in [5.74, 6) is -1.67. The van der Waals surface area contributed by atoms with Crippen LogP contribution in [0.25, 0.3) is 0 Å². The largest absolute Gasteiger partial charge is 0.479 e. The van der Waals surface area contributed by atoms with Crippen molar-refractivity contribution in [2.75, 3.05) is 0 Å². The van der Waals surface area contributed by atoms with Crippen LogP contribution in [-0.4, -0.2) is 22.4 Å². The zero-order valence-corrected chi connectivity index (χ0v) is 7.64. The molecule has 2 atom stereocenters. The quantitative estimate of drug-likeness (QED) is 0.770. The third-order valence-corrected chi connectivity index (χ3v) is 2.07. The Kier molecular flexibility index (Phi) is 2.86. The summed E-state index contributed by atoms with van der Waals surface area (Å²) in [5, 5.41) is 18.1. The van der Waals surface area contributed by atoms with E-state index >= 15 is 0 Å². The molecule has 0 saturated heterocycles. The smallest absolute Gasteiger partial charge is 0.341 e. The zero-order valence-electron chi connectivity index (χ0n) is 7.64. The normalized spacial score (nSPS) is 17.1. The standard InChI is InChI=1S/C10H11FO3/c1-10(14,8(11)9(12)13)7-5-3-2-4-6-7/h2-6,8,14H,1H3,(H,12,13). The number of benzene rings is 1. The van der Waals surface area contributed by atoms with Gasteiger partial charge in [-0.15, -0.1) is 0 Å². The van der Waals surface area contributed by atoms with Crippen LogP contribution in [0.3, 0.4) is 0 Å². The average molecular weight is 198 g/mol. The molecular weight excluding hydrogens is 187 g/mol. The van der Waals surface area contributed by atoms with Gasteiger partial charge in [0.05, 0.1) is 0 Å². The fraction of sp³-hybridized carbons (Fsp3) is 0.300. The van der Waals surface area contributed by atoms with Gasteiger partial charge in [0.1, 0.15) is 5.60 Å². The summed E-state index contributed by atoms with van der Waals surface area (Å²) < 4.78 is 13.1. The van der Waals surface area contributed by atoms with Gasteiger partial charge in [-0.2, -0.15) is 0 Å². The minimum Gasteiger partial charge on any atom is -0.479 e. The van der Waals surface area contributed by atoms with Crippen molar-refractivity contribution >= 4 is 5.97 Å². The summed E-state index contributed by atoms with van der Waals surface area (Å²) in [6.45, 7) is 1.14. The third-order valence-electron chi connectivity index (χ3n) is 2.07. The Labute approximate surface area is 80.8 Å². The van der Waals surface area contributed by atoms with E-state index in [1.165, 1.54) is 12.1 Å². The van der Waals surface area contributed by atoms with Crippen molar-refractivity contribution < 1.29 is 19.4 Å². The first-order valence-corrected chi connectivity index (χ1v) is 4.11. The molecule has 2 N–H and O–H groups in total. The molecule has 2 unspecified atom stereocenters. The van der Waals surface area contributed by atoms with E-state index in [0.29, 0.717) is 0 Å². The molecular formula is C10H11FO3. The van der Waals surface area contributed by atoms with Gasteiger partial charge in [0.25, 0.3) is 0 Å². The van der Waals surface area contributed by atoms with Crippen molar-refractivity contribution in [3.8, 4) is 0 Å². The SMILES string of the molecule is CC(O)(c1ccccc1)C(F)C(=O)O. The number of halogens is 1. The second-order valence-corrected chi connectivity index (χ2v) is 3.21. The molecule has 3 nitrogen and oxygen atoms in total. The summed E-state index contributed by atoms with van der Waals surface area (Å²) in [6, 6.07) is 7.88. The Morgan fingerprint density at radius 1 is 1.43 bits per heavy atom. The molecule has 14 heavy (non-hydrogen) atoms. The maximum atomic E-state index is 13.1. The van der Waals surface area contributed by atoms with E-state index in [4.69, 9.17) is 5.11 Å². The van der Waals surface area contributed by atoms with Crippen LogP contribution >= 0.6 is 0 Å². The maximum absolute atomic E-state index is 13.1. The number of hydrogen-bond donors (Lipinski definition) is 2. The second-order valence-electron chi connectivity index (χ2n) is 3.21. The van der Waals surface area contributed by atoms with Crippen LogP contribution in [0.2, 0.25) is 0 Å². The van der Waals surface area contributed by atoms with E-state index in [9.17, 15) is 14.3 Å². The van der Waals surface area contributed by atoms with Gasteiger partial charge in [0.15, 0.2) is 0 Å². The van der Waals surface area contributed by atoms with E-state index < -0.39 is 17.7 Å². The lowest BCUT2D eigenvalue weighted by Crippen LogP contribution is -2.39. The number of carbonyl (C=O) groups is 1. The molecule has 1 aromatic carbocycles. The predicted octanol–water partition coefficient (Wildman–Crippen LogP) is 1.32. The molecule has 0 radical (unpaired) electrons. The maximum Gasteiger partial charge on any atom is 0.341 e. The van der Waals surface area contributed by atoms with Gasteiger partial charge in [0.2, 0.25) is 6.17 Å². The highest BCUT2D eigenvalue weighted by atomic mass is 19.1. The van der Waals surface area contributed by atoms with Crippen LogP contribution in [0.5, 0.6) is 0 Å². The van der Waals surface area contributed by atoms with Crippen molar-refractivity contribution in [1.29, 1.82) is 0 Å². The molecule has 4 heteroatoms. The number of aliphatic hydroxyl groups is 1. The van der Waals surface area contributed by atoms with Crippen LogP contribution in [0.15, 0.2) is 30.3 Å². The molecule has 1 aromatic rings. The second kappa shape index (κ2) is 3.75. The fourth-order valence-electron chi connectivity index (χ4n) is 1.16. The van der Waals surface area contributed by atoms with Crippen molar-refractivity contribution in [3.63, 3.8) is 0 Å². The Bertz CT molecular complexity index is 321. The first-order valence-electron chi connectivity index (χ1n) is 4.11. The highest BCUT2D eigenvalue weighted by molar-refractivity contribution is 5.74. The van der Waals surface area contributed by atoms with E-state index in [-0.39, 0.29) is 5.56 Å². The summed E-state index contributed by atoms with van der Waals surface area (Å²) >= 11 is 0. The van der Waals surface area contributed by atoms with Crippen LogP contribution < -0.4 is 0 Å². The molecule has 0 aromatic heterocycles. The topological polar surface area (TPSA) is 57.5 Å². The Balaban J connectivity index is 3.02. The van der Waals surface area contributed by atoms with Crippen molar-refractivity contribution in [1.82, 2.24) is 0 Å². The minimum atomic E-state index is -2.33. The van der Waals surface area contributed by atoms with Gasteiger partial charge in [-0.3, -0.25) is 0 Å². The monoisotopic (exact) mass is 198 g/mol. The summed E-state index contributed by atoms with van der Waals surface area (Å²) in [4.78, 5) is 10.4. The fourth-order valence-corrected chi connectivity index (χ4v) is 1.16. The van der Waals surface area contributed by atoms with Crippen LogP contribution in [-0.2, 0) is 10.4 Å². The molecule has 76 valence electrons. The molecule has 0 fully saturated rings. The van der Waals surface area contributed by atoms with E-state index in [1.54, 1.807) is 18.2 Å². The van der Waals surface area contributed by atoms with Crippen molar-refractivity contribution in [2.24, 2.45) is 0 Å². The molecule has 0 aliphatic rings. The zero-order chi connectivity index (χ0) is 10.8. The van der Waals surface area contributed by atoms with Gasteiger partial charge in [-0.25, -0.2) is 9.18 Å². The summed E-state index contributed by atoms with van der Waals surface area (Å²) in [5.41, 5.74) is -1.75. The predicted molar refractivity (Wildman–Crippen MR) is 48.5 cm³/mol. The molecule has 0 heterocycles. The van der Waals surface area contributed by atoms with Gasteiger partial charge < -0.3 is 10.2 Å². The first kappa shape index (κ1) is 10.7. The third kappa shape index (κ3) is 1.90. The molecule has 1 rings (SSSR count). The number of rotatable bonds is 3. The summed E-state index contributed by atoms with van der Waals surface area (Å²) in [6.07, 6.45) is -2.33. The van der Waals surface area contributed by atoms with Crippen LogP contribution in [0.4, 0.5) is 4.39 Å². The molecule has 0 spiro atoms. The lowest BCUT2D eigenvalue weighted by Gasteiger charge is -2.24. The number of aliphatic carboxylic acids is 1.